The Morgan fingerprint density at radius 3 is 2.68 bits per heavy atom. The van der Waals surface area contributed by atoms with Crippen LogP contribution >= 0.6 is 27.3 Å². The Hall–Kier alpha value is -1.21. The number of hydrogen-bond acceptors (Lipinski definition) is 4. The first-order valence-corrected chi connectivity index (χ1v) is 7.36. The zero-order chi connectivity index (χ0) is 14.2. The van der Waals surface area contributed by atoms with Gasteiger partial charge in [0.15, 0.2) is 5.69 Å². The van der Waals surface area contributed by atoms with Crippen molar-refractivity contribution < 1.29 is 9.90 Å². The first-order valence-electron chi connectivity index (χ1n) is 5.69. The number of carboxylic acids is 1. The minimum atomic E-state index is -1.04. The molecule has 7 heteroatoms. The second-order valence-electron chi connectivity index (χ2n) is 5.26. The highest BCUT2D eigenvalue weighted by Crippen LogP contribution is 2.27. The third-order valence-corrected chi connectivity index (χ3v) is 4.16. The first-order chi connectivity index (χ1) is 8.79. The Kier molecular flexibility index (Phi) is 3.78. The van der Waals surface area contributed by atoms with Gasteiger partial charge in [-0.05, 0) is 32.9 Å². The summed E-state index contributed by atoms with van der Waals surface area (Å²) < 4.78 is 2.70. The van der Waals surface area contributed by atoms with Gasteiger partial charge >= 0.3 is 5.97 Å². The Bertz CT molecular complexity index is 613. The number of rotatable bonds is 3. The molecule has 1 N–H and O–H groups in total. The summed E-state index contributed by atoms with van der Waals surface area (Å²) in [5.41, 5.74) is 1.41. The molecule has 2 aromatic rings. The number of thiophene rings is 1. The van der Waals surface area contributed by atoms with Gasteiger partial charge in [-0.1, -0.05) is 26.0 Å². The second-order valence-corrected chi connectivity index (χ2v) is 7.55. The Labute approximate surface area is 123 Å². The van der Waals surface area contributed by atoms with Crippen molar-refractivity contribution in [3.63, 3.8) is 0 Å². The van der Waals surface area contributed by atoms with Gasteiger partial charge in [-0.25, -0.2) is 9.48 Å². The van der Waals surface area contributed by atoms with Crippen molar-refractivity contribution in [1.29, 1.82) is 0 Å². The molecule has 0 saturated carbocycles. The highest BCUT2D eigenvalue weighted by molar-refractivity contribution is 9.11. The Balaban J connectivity index is 2.43. The van der Waals surface area contributed by atoms with Gasteiger partial charge in [0.25, 0.3) is 0 Å². The minimum Gasteiger partial charge on any atom is -0.476 e. The molecule has 0 atom stereocenters. The summed E-state index contributed by atoms with van der Waals surface area (Å²) in [5.74, 6) is -1.04. The summed E-state index contributed by atoms with van der Waals surface area (Å²) in [6, 6.07) is 2.00. The van der Waals surface area contributed by atoms with E-state index in [1.807, 2.05) is 32.2 Å². The van der Waals surface area contributed by atoms with Crippen LogP contribution in [0.3, 0.4) is 0 Å². The quantitative estimate of drug-likeness (QED) is 0.929. The van der Waals surface area contributed by atoms with E-state index in [1.165, 1.54) is 0 Å². The van der Waals surface area contributed by atoms with Crippen LogP contribution in [-0.2, 0) is 12.0 Å². The van der Waals surface area contributed by atoms with Crippen LogP contribution in [0.4, 0.5) is 0 Å². The second kappa shape index (κ2) is 5.05. The van der Waals surface area contributed by atoms with Crippen molar-refractivity contribution in [2.24, 2.45) is 0 Å². The van der Waals surface area contributed by atoms with Gasteiger partial charge in [0.1, 0.15) is 0 Å². The highest BCUT2D eigenvalue weighted by atomic mass is 79.9. The normalized spacial score (nSPS) is 11.8. The van der Waals surface area contributed by atoms with E-state index in [1.54, 1.807) is 16.0 Å². The molecule has 2 heterocycles. The number of aromatic nitrogens is 3. The molecule has 5 nitrogen and oxygen atoms in total. The van der Waals surface area contributed by atoms with Crippen LogP contribution in [0, 0.1) is 0 Å². The lowest BCUT2D eigenvalue weighted by Crippen LogP contribution is -2.22. The zero-order valence-corrected chi connectivity index (χ0v) is 13.2. The van der Waals surface area contributed by atoms with E-state index in [9.17, 15) is 9.90 Å². The smallest absolute Gasteiger partial charge is 0.358 e. The van der Waals surface area contributed by atoms with Crippen LogP contribution in [0.15, 0.2) is 15.2 Å². The maximum atomic E-state index is 11.2. The predicted molar refractivity (Wildman–Crippen MR) is 76.8 cm³/mol. The van der Waals surface area contributed by atoms with E-state index in [2.05, 4.69) is 26.2 Å². The van der Waals surface area contributed by atoms with Gasteiger partial charge in [-0.15, -0.1) is 16.4 Å². The van der Waals surface area contributed by atoms with Gasteiger partial charge in [-0.3, -0.25) is 0 Å². The van der Waals surface area contributed by atoms with E-state index in [0.717, 1.165) is 9.35 Å². The van der Waals surface area contributed by atoms with Crippen molar-refractivity contribution in [3.8, 4) is 0 Å². The summed E-state index contributed by atoms with van der Waals surface area (Å²) in [4.78, 5) is 11.2. The topological polar surface area (TPSA) is 68.0 Å². The molecule has 0 aromatic carbocycles. The molecule has 102 valence electrons. The molecule has 0 radical (unpaired) electrons. The van der Waals surface area contributed by atoms with E-state index >= 15 is 0 Å². The van der Waals surface area contributed by atoms with Crippen LogP contribution in [-0.4, -0.2) is 26.1 Å². The van der Waals surface area contributed by atoms with Crippen LogP contribution in [0.1, 0.15) is 42.5 Å². The number of aromatic carboxylic acids is 1. The average molecular weight is 344 g/mol. The minimum absolute atomic E-state index is 0.0294. The van der Waals surface area contributed by atoms with E-state index in [4.69, 9.17) is 0 Å². The number of carboxylic acid groups (broad SMARTS) is 1. The van der Waals surface area contributed by atoms with Crippen molar-refractivity contribution in [1.82, 2.24) is 15.0 Å². The number of nitrogens with zero attached hydrogens (tertiary/aromatic N) is 3. The molecule has 2 aromatic heterocycles. The molecular weight excluding hydrogens is 330 g/mol. The average Bonchev–Trinajstić information content (AvgIpc) is 2.84. The summed E-state index contributed by atoms with van der Waals surface area (Å²) in [5, 5.41) is 19.0. The summed E-state index contributed by atoms with van der Waals surface area (Å²) >= 11 is 5.00. The molecule has 0 saturated heterocycles. The third-order valence-electron chi connectivity index (χ3n) is 2.60. The van der Waals surface area contributed by atoms with Crippen LogP contribution in [0.25, 0.3) is 0 Å². The fourth-order valence-corrected chi connectivity index (χ4v) is 3.11. The maximum absolute atomic E-state index is 11.2. The fourth-order valence-electron chi connectivity index (χ4n) is 1.91. The molecule has 0 unspecified atom stereocenters. The van der Waals surface area contributed by atoms with Crippen LogP contribution in [0.2, 0.25) is 0 Å². The number of halogens is 1. The molecule has 0 aliphatic carbocycles. The Morgan fingerprint density at radius 2 is 2.21 bits per heavy atom. The molecule has 0 spiro atoms. The molecule has 0 fully saturated rings. The van der Waals surface area contributed by atoms with Crippen molar-refractivity contribution in [3.05, 3.63) is 32.2 Å². The van der Waals surface area contributed by atoms with Crippen molar-refractivity contribution in [2.45, 2.75) is 32.7 Å². The molecule has 0 amide bonds. The number of carbonyl (C=O) groups is 1. The molecule has 2 rings (SSSR count). The fraction of sp³-hybridized carbons (Fsp3) is 0.417. The van der Waals surface area contributed by atoms with Gasteiger partial charge < -0.3 is 5.11 Å². The zero-order valence-electron chi connectivity index (χ0n) is 10.8. The van der Waals surface area contributed by atoms with Gasteiger partial charge in [0, 0.05) is 5.41 Å². The molecule has 0 aliphatic rings. The SMILES string of the molecule is CC(C)(C)c1c(C(=O)O)nnn1Cc1csc(Br)c1. The van der Waals surface area contributed by atoms with E-state index in [0.29, 0.717) is 12.2 Å². The summed E-state index contributed by atoms with van der Waals surface area (Å²) in [7, 11) is 0. The largest absolute Gasteiger partial charge is 0.476 e. The monoisotopic (exact) mass is 343 g/mol. The van der Waals surface area contributed by atoms with E-state index < -0.39 is 5.97 Å². The summed E-state index contributed by atoms with van der Waals surface area (Å²) in [6.07, 6.45) is 0. The summed E-state index contributed by atoms with van der Waals surface area (Å²) in [6.45, 7) is 6.39. The van der Waals surface area contributed by atoms with Crippen LogP contribution in [0.5, 0.6) is 0 Å². The van der Waals surface area contributed by atoms with Gasteiger partial charge in [0.05, 0.1) is 16.0 Å². The van der Waals surface area contributed by atoms with E-state index in [-0.39, 0.29) is 11.1 Å². The standard InChI is InChI=1S/C12H14BrN3O2S/c1-12(2,3)10-9(11(17)18)14-15-16(10)5-7-4-8(13)19-6-7/h4,6H,5H2,1-3H3,(H,17,18). The maximum Gasteiger partial charge on any atom is 0.358 e. The predicted octanol–water partition coefficient (Wildman–Crippen LogP) is 3.15. The lowest BCUT2D eigenvalue weighted by Gasteiger charge is -2.20. The van der Waals surface area contributed by atoms with Gasteiger partial charge in [-0.2, -0.15) is 0 Å². The van der Waals surface area contributed by atoms with Gasteiger partial charge in [0.2, 0.25) is 0 Å². The first kappa shape index (κ1) is 14.2. The highest BCUT2D eigenvalue weighted by Gasteiger charge is 2.28. The molecular formula is C12H14BrN3O2S. The lowest BCUT2D eigenvalue weighted by atomic mass is 9.90. The third kappa shape index (κ3) is 3.03. The molecule has 0 aliphatic heterocycles. The van der Waals surface area contributed by atoms with Crippen LogP contribution < -0.4 is 0 Å². The van der Waals surface area contributed by atoms with Crippen molar-refractivity contribution >= 4 is 33.2 Å². The molecule has 19 heavy (non-hydrogen) atoms. The Morgan fingerprint density at radius 1 is 1.53 bits per heavy atom. The number of hydrogen-bond donors (Lipinski definition) is 1. The van der Waals surface area contributed by atoms with Crippen molar-refractivity contribution in [2.75, 3.05) is 0 Å². The lowest BCUT2D eigenvalue weighted by molar-refractivity contribution is 0.0687. The molecule has 0 bridgehead atoms.